The molecule has 3 nitrogen and oxygen atoms in total. The zero-order chi connectivity index (χ0) is 28.6. The highest BCUT2D eigenvalue weighted by atomic mass is 16.5. The number of fused-ring (bicyclic) bond motifs is 4. The van der Waals surface area contributed by atoms with Gasteiger partial charge in [0, 0.05) is 22.3 Å². The lowest BCUT2D eigenvalue weighted by Crippen LogP contribution is -2.57. The molecule has 202 valence electrons. The molecule has 0 fully saturated rings. The van der Waals surface area contributed by atoms with Gasteiger partial charge in [-0.2, -0.15) is 0 Å². The number of pyridine rings is 1. The van der Waals surface area contributed by atoms with E-state index in [1.807, 2.05) is 84.9 Å². The number of aryl methyl sites for hydroxylation is 1. The van der Waals surface area contributed by atoms with E-state index < -0.39 is 0 Å². The second-order valence-electron chi connectivity index (χ2n) is 8.81. The molecule has 40 heavy (non-hydrogen) atoms. The molecule has 0 aliphatic carbocycles. The summed E-state index contributed by atoms with van der Waals surface area (Å²) in [5.41, 5.74) is 8.69. The van der Waals surface area contributed by atoms with Crippen molar-refractivity contribution in [1.29, 1.82) is 0 Å². The second kappa shape index (κ2) is 13.2. The van der Waals surface area contributed by atoms with Gasteiger partial charge in [0.1, 0.15) is 23.0 Å². The van der Waals surface area contributed by atoms with E-state index in [1.165, 1.54) is 10.9 Å². The molecule has 0 unspecified atom stereocenters. The van der Waals surface area contributed by atoms with Gasteiger partial charge in [0.25, 0.3) is 6.71 Å². The molecule has 2 aliphatic rings. The van der Waals surface area contributed by atoms with Crippen LogP contribution in [-0.2, 0) is 0 Å². The van der Waals surface area contributed by atoms with Crippen molar-refractivity contribution in [3.05, 3.63) is 109 Å². The van der Waals surface area contributed by atoms with Crippen molar-refractivity contribution < 1.29 is 9.47 Å². The number of para-hydroxylation sites is 2. The van der Waals surface area contributed by atoms with Crippen LogP contribution in [0.15, 0.2) is 103 Å². The molecule has 0 saturated heterocycles. The van der Waals surface area contributed by atoms with Crippen LogP contribution in [0.3, 0.4) is 0 Å². The summed E-state index contributed by atoms with van der Waals surface area (Å²) in [4.78, 5) is 4.66. The Hall–Kier alpha value is -4.31. The average Bonchev–Trinajstić information content (AvgIpc) is 3.04. The zero-order valence-corrected chi connectivity index (χ0v) is 24.7. The third-order valence-corrected chi connectivity index (χ3v) is 6.72. The minimum absolute atomic E-state index is 0.0793. The first-order valence-electron chi connectivity index (χ1n) is 14.5. The lowest BCUT2D eigenvalue weighted by molar-refractivity contribution is 0.465. The maximum absolute atomic E-state index is 6.56. The molecule has 0 N–H and O–H groups in total. The number of rotatable bonds is 2. The van der Waals surface area contributed by atoms with Crippen molar-refractivity contribution in [3.8, 4) is 45.4 Å². The summed E-state index contributed by atoms with van der Waals surface area (Å²) < 4.78 is 12.9. The standard InChI is InChI=1S/C30H20BNO2.3C2H6/c1-19-7-6-10-25(32-19)21-15-13-20(14-16-21)22-17-18-28-29-30(22)34-27-12-5-3-9-24(27)31(29)23-8-2-4-11-26(23)33-28;3*1-2/h2-18H,1H3;3*1-2H3. The third-order valence-electron chi connectivity index (χ3n) is 6.72. The maximum atomic E-state index is 6.56. The highest BCUT2D eigenvalue weighted by molar-refractivity contribution is 6.98. The normalized spacial score (nSPS) is 11.2. The molecular weight excluding hydrogens is 489 g/mol. The van der Waals surface area contributed by atoms with E-state index in [0.29, 0.717) is 0 Å². The van der Waals surface area contributed by atoms with E-state index in [-0.39, 0.29) is 6.71 Å². The fourth-order valence-corrected chi connectivity index (χ4v) is 5.14. The van der Waals surface area contributed by atoms with Crippen molar-refractivity contribution in [2.45, 2.75) is 48.5 Å². The molecule has 7 rings (SSSR count). The lowest BCUT2D eigenvalue weighted by atomic mass is 9.34. The van der Waals surface area contributed by atoms with Crippen LogP contribution in [0, 0.1) is 6.92 Å². The highest BCUT2D eigenvalue weighted by Gasteiger charge is 2.40. The average molecular weight is 528 g/mol. The Kier molecular flexibility index (Phi) is 9.45. The number of nitrogens with zero attached hydrogens (tertiary/aromatic N) is 1. The van der Waals surface area contributed by atoms with Crippen LogP contribution < -0.4 is 25.9 Å². The minimum atomic E-state index is 0.0793. The van der Waals surface area contributed by atoms with E-state index in [4.69, 9.17) is 9.47 Å². The van der Waals surface area contributed by atoms with Crippen molar-refractivity contribution in [1.82, 2.24) is 4.98 Å². The van der Waals surface area contributed by atoms with E-state index in [2.05, 4.69) is 71.7 Å². The van der Waals surface area contributed by atoms with Crippen LogP contribution in [0.5, 0.6) is 23.0 Å². The van der Waals surface area contributed by atoms with Gasteiger partial charge in [-0.1, -0.05) is 108 Å². The van der Waals surface area contributed by atoms with Gasteiger partial charge in [0.15, 0.2) is 0 Å². The summed E-state index contributed by atoms with van der Waals surface area (Å²) in [6.07, 6.45) is 0. The summed E-state index contributed by atoms with van der Waals surface area (Å²) in [5, 5.41) is 0. The smallest absolute Gasteiger partial charge is 0.260 e. The SMILES string of the molecule is CC.CC.CC.Cc1cccc(-c2ccc(-c3ccc4c5c3Oc3ccccc3B5c3ccccc3O4)cc2)n1. The van der Waals surface area contributed by atoms with Crippen molar-refractivity contribution in [2.24, 2.45) is 0 Å². The molecule has 4 aromatic carbocycles. The molecule has 5 aromatic rings. The molecule has 0 radical (unpaired) electrons. The van der Waals surface area contributed by atoms with Gasteiger partial charge >= 0.3 is 0 Å². The van der Waals surface area contributed by atoms with E-state index in [9.17, 15) is 0 Å². The Labute approximate surface area is 239 Å². The van der Waals surface area contributed by atoms with Gasteiger partial charge in [-0.05, 0) is 59.8 Å². The minimum Gasteiger partial charge on any atom is -0.458 e. The first kappa shape index (κ1) is 28.7. The van der Waals surface area contributed by atoms with Gasteiger partial charge in [-0.3, -0.25) is 4.98 Å². The van der Waals surface area contributed by atoms with Crippen LogP contribution in [0.4, 0.5) is 0 Å². The van der Waals surface area contributed by atoms with Crippen LogP contribution in [0.2, 0.25) is 0 Å². The van der Waals surface area contributed by atoms with E-state index in [0.717, 1.165) is 56.5 Å². The maximum Gasteiger partial charge on any atom is 0.260 e. The van der Waals surface area contributed by atoms with Crippen LogP contribution in [0.25, 0.3) is 22.4 Å². The number of aromatic nitrogens is 1. The summed E-state index contributed by atoms with van der Waals surface area (Å²) in [7, 11) is 0. The Bertz CT molecular complexity index is 1570. The third kappa shape index (κ3) is 5.27. The Morgan fingerprint density at radius 2 is 1.10 bits per heavy atom. The van der Waals surface area contributed by atoms with Crippen molar-refractivity contribution in [3.63, 3.8) is 0 Å². The molecule has 0 spiro atoms. The quantitative estimate of drug-likeness (QED) is 0.211. The Morgan fingerprint density at radius 3 is 1.73 bits per heavy atom. The summed E-state index contributed by atoms with van der Waals surface area (Å²) in [6.45, 7) is 14.1. The van der Waals surface area contributed by atoms with Gasteiger partial charge in [0.2, 0.25) is 0 Å². The first-order chi connectivity index (χ1) is 19.8. The van der Waals surface area contributed by atoms with Crippen LogP contribution >= 0.6 is 0 Å². The lowest BCUT2D eigenvalue weighted by Gasteiger charge is -2.33. The molecule has 0 atom stereocenters. The van der Waals surface area contributed by atoms with E-state index >= 15 is 0 Å². The van der Waals surface area contributed by atoms with Crippen LogP contribution in [-0.4, -0.2) is 11.7 Å². The Morgan fingerprint density at radius 1 is 0.525 bits per heavy atom. The number of benzene rings is 4. The van der Waals surface area contributed by atoms with E-state index in [1.54, 1.807) is 0 Å². The molecule has 0 bridgehead atoms. The topological polar surface area (TPSA) is 31.4 Å². The predicted octanol–water partition coefficient (Wildman–Crippen LogP) is 8.53. The Balaban J connectivity index is 0.000000580. The van der Waals surface area contributed by atoms with Gasteiger partial charge in [-0.25, -0.2) is 0 Å². The molecule has 3 heterocycles. The molecule has 1 aromatic heterocycles. The fourth-order valence-electron chi connectivity index (χ4n) is 5.14. The first-order valence-corrected chi connectivity index (χ1v) is 14.5. The summed E-state index contributed by atoms with van der Waals surface area (Å²) in [5.74, 6) is 3.54. The summed E-state index contributed by atoms with van der Waals surface area (Å²) >= 11 is 0. The highest BCUT2D eigenvalue weighted by Crippen LogP contribution is 2.40. The van der Waals surface area contributed by atoms with Crippen molar-refractivity contribution in [2.75, 3.05) is 0 Å². The number of hydrogen-bond acceptors (Lipinski definition) is 3. The van der Waals surface area contributed by atoms with Crippen LogP contribution in [0.1, 0.15) is 47.2 Å². The molecule has 0 amide bonds. The molecule has 0 saturated carbocycles. The fraction of sp³-hybridized carbons (Fsp3) is 0.194. The van der Waals surface area contributed by atoms with Gasteiger partial charge < -0.3 is 9.47 Å². The summed E-state index contributed by atoms with van der Waals surface area (Å²) in [6, 6.07) is 35.5. The zero-order valence-electron chi connectivity index (χ0n) is 24.7. The number of ether oxygens (including phenoxy) is 2. The largest absolute Gasteiger partial charge is 0.458 e. The predicted molar refractivity (Wildman–Crippen MR) is 172 cm³/mol. The monoisotopic (exact) mass is 527 g/mol. The molecule has 2 aliphatic heterocycles. The van der Waals surface area contributed by atoms with Crippen molar-refractivity contribution >= 4 is 23.1 Å². The molecule has 4 heteroatoms. The van der Waals surface area contributed by atoms with Gasteiger partial charge in [-0.15, -0.1) is 0 Å². The number of hydrogen-bond donors (Lipinski definition) is 0. The second-order valence-corrected chi connectivity index (χ2v) is 8.81. The van der Waals surface area contributed by atoms with Gasteiger partial charge in [0.05, 0.1) is 5.69 Å². The molecular formula is C36H38BNO2.